The van der Waals surface area contributed by atoms with Gasteiger partial charge >= 0.3 is 0 Å². The Hall–Kier alpha value is -2.99. The van der Waals surface area contributed by atoms with Gasteiger partial charge in [-0.3, -0.25) is 9.39 Å². The number of methoxy groups -OCH3 is 1. The molecule has 0 aliphatic rings. The van der Waals surface area contributed by atoms with Gasteiger partial charge in [-0.1, -0.05) is 25.4 Å². The smallest absolute Gasteiger partial charge is 0.156 e. The van der Waals surface area contributed by atoms with E-state index >= 15 is 0 Å². The zero-order valence-corrected chi connectivity index (χ0v) is 17.0. The number of anilines is 1. The molecule has 0 spiro atoms. The second kappa shape index (κ2) is 8.80. The van der Waals surface area contributed by atoms with Crippen LogP contribution in [0.15, 0.2) is 53.8 Å². The highest BCUT2D eigenvalue weighted by Crippen LogP contribution is 2.29. The molecule has 0 atom stereocenters. The molecule has 0 saturated carbocycles. The van der Waals surface area contributed by atoms with Crippen molar-refractivity contribution in [1.82, 2.24) is 14.7 Å². The molecule has 2 N–H and O–H groups in total. The Balaban J connectivity index is 1.81. The molecule has 3 aromatic rings. The van der Waals surface area contributed by atoms with Crippen molar-refractivity contribution < 1.29 is 4.74 Å². The number of rotatable bonds is 8. The molecule has 0 bridgehead atoms. The number of hydrogen-bond donors (Lipinski definition) is 2. The quantitative estimate of drug-likeness (QED) is 0.326. The molecule has 0 radical (unpaired) electrons. The first-order valence-corrected chi connectivity index (χ1v) is 9.38. The summed E-state index contributed by atoms with van der Waals surface area (Å²) in [7, 11) is 1.65. The topological polar surface area (TPSA) is 63.0 Å². The fourth-order valence-corrected chi connectivity index (χ4v) is 3.11. The highest BCUT2D eigenvalue weighted by atomic mass is 35.5. The van der Waals surface area contributed by atoms with E-state index in [1.165, 1.54) is 0 Å². The lowest BCUT2D eigenvalue weighted by molar-refractivity contribution is 0.415. The number of fused-ring (bicyclic) bond motifs is 1. The van der Waals surface area contributed by atoms with Gasteiger partial charge in [0.15, 0.2) is 5.65 Å². The van der Waals surface area contributed by atoms with Crippen molar-refractivity contribution in [3.05, 3.63) is 65.2 Å². The van der Waals surface area contributed by atoms with Crippen molar-refractivity contribution in [3.63, 3.8) is 0 Å². The Morgan fingerprint density at radius 3 is 2.71 bits per heavy atom. The standard InChI is InChI=1S/C21H24ClN5O/c1-14(2)19-20(27-11-5-6-17(22)21(27)26-19)18(23-3)12-24-13-25-15-7-9-16(28-4)10-8-15/h5-12,14,24-25H,3,13H2,1-2,4H3/b18-12-. The molecule has 6 nitrogen and oxygen atoms in total. The largest absolute Gasteiger partial charge is 0.497 e. The van der Waals surface area contributed by atoms with E-state index in [4.69, 9.17) is 21.3 Å². The van der Waals surface area contributed by atoms with Gasteiger partial charge in [-0.2, -0.15) is 0 Å². The van der Waals surface area contributed by atoms with E-state index in [9.17, 15) is 0 Å². The second-order valence-corrected chi connectivity index (χ2v) is 6.93. The monoisotopic (exact) mass is 397 g/mol. The van der Waals surface area contributed by atoms with Crippen LogP contribution in [-0.4, -0.2) is 29.9 Å². The van der Waals surface area contributed by atoms with Gasteiger partial charge in [-0.05, 0) is 49.0 Å². The molecule has 146 valence electrons. The molecule has 1 aromatic carbocycles. The summed E-state index contributed by atoms with van der Waals surface area (Å²) in [4.78, 5) is 8.94. The lowest BCUT2D eigenvalue weighted by atomic mass is 10.1. The van der Waals surface area contributed by atoms with Crippen LogP contribution in [-0.2, 0) is 0 Å². The average Bonchev–Trinajstić information content (AvgIpc) is 3.10. The molecule has 2 aromatic heterocycles. The Labute approximate surface area is 169 Å². The molecule has 0 saturated heterocycles. The van der Waals surface area contributed by atoms with Crippen molar-refractivity contribution in [1.29, 1.82) is 0 Å². The molecule has 0 fully saturated rings. The van der Waals surface area contributed by atoms with Crippen LogP contribution in [0.4, 0.5) is 5.69 Å². The maximum absolute atomic E-state index is 6.33. The number of ether oxygens (including phenoxy) is 1. The molecule has 2 heterocycles. The van der Waals surface area contributed by atoms with Crippen LogP contribution in [0.1, 0.15) is 31.2 Å². The maximum Gasteiger partial charge on any atom is 0.156 e. The Kier molecular flexibility index (Phi) is 6.21. The first kappa shape index (κ1) is 19.8. The van der Waals surface area contributed by atoms with Crippen LogP contribution in [0, 0.1) is 0 Å². The minimum absolute atomic E-state index is 0.216. The summed E-state index contributed by atoms with van der Waals surface area (Å²) in [5, 5.41) is 7.13. The molecular formula is C21H24ClN5O. The number of pyridine rings is 1. The minimum Gasteiger partial charge on any atom is -0.497 e. The van der Waals surface area contributed by atoms with E-state index < -0.39 is 0 Å². The van der Waals surface area contributed by atoms with Crippen LogP contribution >= 0.6 is 11.6 Å². The first-order chi connectivity index (χ1) is 13.5. The Morgan fingerprint density at radius 1 is 1.32 bits per heavy atom. The van der Waals surface area contributed by atoms with Gasteiger partial charge in [0.2, 0.25) is 0 Å². The molecule has 3 rings (SSSR count). The van der Waals surface area contributed by atoms with Gasteiger partial charge in [-0.15, -0.1) is 0 Å². The molecule has 28 heavy (non-hydrogen) atoms. The van der Waals surface area contributed by atoms with Crippen LogP contribution < -0.4 is 15.4 Å². The third-order valence-electron chi connectivity index (χ3n) is 4.31. The van der Waals surface area contributed by atoms with Crippen molar-refractivity contribution in [3.8, 4) is 5.75 Å². The zero-order valence-electron chi connectivity index (χ0n) is 16.2. The van der Waals surface area contributed by atoms with Gasteiger partial charge in [0.1, 0.15) is 11.4 Å². The highest BCUT2D eigenvalue weighted by Gasteiger charge is 2.19. The van der Waals surface area contributed by atoms with E-state index in [0.29, 0.717) is 23.0 Å². The summed E-state index contributed by atoms with van der Waals surface area (Å²) < 4.78 is 7.12. The number of hydrogen-bond acceptors (Lipinski definition) is 5. The molecule has 0 unspecified atom stereocenters. The van der Waals surface area contributed by atoms with Crippen LogP contribution in [0.3, 0.4) is 0 Å². The van der Waals surface area contributed by atoms with Gasteiger partial charge in [-0.25, -0.2) is 4.98 Å². The van der Waals surface area contributed by atoms with Crippen LogP contribution in [0.5, 0.6) is 5.75 Å². The predicted octanol–water partition coefficient (Wildman–Crippen LogP) is 4.78. The summed E-state index contributed by atoms with van der Waals surface area (Å²) in [5.74, 6) is 1.04. The summed E-state index contributed by atoms with van der Waals surface area (Å²) in [6.07, 6.45) is 3.77. The number of benzene rings is 1. The summed E-state index contributed by atoms with van der Waals surface area (Å²) >= 11 is 6.33. The molecule has 0 aliphatic carbocycles. The lowest BCUT2D eigenvalue weighted by Crippen LogP contribution is -2.17. The summed E-state index contributed by atoms with van der Waals surface area (Å²) in [6, 6.07) is 11.5. The normalized spacial score (nSPS) is 11.7. The fraction of sp³-hybridized carbons (Fsp3) is 0.238. The number of aromatic nitrogens is 2. The number of halogens is 1. The first-order valence-electron chi connectivity index (χ1n) is 9.00. The third kappa shape index (κ3) is 4.12. The van der Waals surface area contributed by atoms with Gasteiger partial charge in [0, 0.05) is 18.1 Å². The Bertz CT molecular complexity index is 992. The van der Waals surface area contributed by atoms with E-state index in [1.807, 2.05) is 53.2 Å². The van der Waals surface area contributed by atoms with E-state index in [-0.39, 0.29) is 5.92 Å². The minimum atomic E-state index is 0.216. The van der Waals surface area contributed by atoms with Crippen LogP contribution in [0.25, 0.3) is 11.3 Å². The van der Waals surface area contributed by atoms with Crippen molar-refractivity contribution in [2.45, 2.75) is 19.8 Å². The van der Waals surface area contributed by atoms with E-state index in [2.05, 4.69) is 36.2 Å². The van der Waals surface area contributed by atoms with Crippen molar-refractivity contribution in [2.75, 3.05) is 19.1 Å². The van der Waals surface area contributed by atoms with E-state index in [0.717, 1.165) is 22.8 Å². The third-order valence-corrected chi connectivity index (χ3v) is 4.61. The highest BCUT2D eigenvalue weighted by molar-refractivity contribution is 6.33. The maximum atomic E-state index is 6.33. The van der Waals surface area contributed by atoms with Crippen LogP contribution in [0.2, 0.25) is 5.02 Å². The average molecular weight is 398 g/mol. The predicted molar refractivity (Wildman–Crippen MR) is 116 cm³/mol. The lowest BCUT2D eigenvalue weighted by Gasteiger charge is -2.10. The molecule has 0 aliphatic heterocycles. The number of imidazole rings is 1. The van der Waals surface area contributed by atoms with Gasteiger partial charge in [0.05, 0.1) is 30.2 Å². The zero-order chi connectivity index (χ0) is 20.1. The number of aliphatic imine (C=N–C) groups is 1. The second-order valence-electron chi connectivity index (χ2n) is 6.52. The Morgan fingerprint density at radius 2 is 2.07 bits per heavy atom. The number of nitrogens with one attached hydrogen (secondary N) is 2. The fourth-order valence-electron chi connectivity index (χ4n) is 2.91. The van der Waals surface area contributed by atoms with Gasteiger partial charge < -0.3 is 15.4 Å². The molecular weight excluding hydrogens is 374 g/mol. The van der Waals surface area contributed by atoms with E-state index in [1.54, 1.807) is 7.11 Å². The SMILES string of the molecule is C=N/C(=C\NCNc1ccc(OC)cc1)c1c(C(C)C)nc2c(Cl)cccn12. The summed E-state index contributed by atoms with van der Waals surface area (Å²) in [5.41, 5.74) is 4.22. The molecule has 7 heteroatoms. The molecule has 0 amide bonds. The van der Waals surface area contributed by atoms with Gasteiger partial charge in [0.25, 0.3) is 0 Å². The number of nitrogens with zero attached hydrogens (tertiary/aromatic N) is 3. The van der Waals surface area contributed by atoms with Crippen molar-refractivity contribution in [2.24, 2.45) is 4.99 Å². The summed E-state index contributed by atoms with van der Waals surface area (Å²) in [6.45, 7) is 8.46. The van der Waals surface area contributed by atoms with Crippen molar-refractivity contribution >= 4 is 35.4 Å².